The number of imide groups is 3. The van der Waals surface area contributed by atoms with E-state index in [4.69, 9.17) is 4.74 Å². The Labute approximate surface area is 574 Å². The fourth-order valence-corrected chi connectivity index (χ4v) is 11.8. The summed E-state index contributed by atoms with van der Waals surface area (Å²) >= 11 is 0. The first kappa shape index (κ1) is 69.3. The molecule has 1 unspecified atom stereocenters. The Hall–Kier alpha value is -11.6. The number of methoxy groups -OCH3 is 1. The molecule has 11 heterocycles. The molecule has 0 bridgehead atoms. The van der Waals surface area contributed by atoms with Gasteiger partial charge in [-0.1, -0.05) is 36.4 Å². The van der Waals surface area contributed by atoms with Crippen molar-refractivity contribution in [3.05, 3.63) is 159 Å². The number of amides is 6. The first-order valence-corrected chi connectivity index (χ1v) is 33.0. The van der Waals surface area contributed by atoms with Crippen molar-refractivity contribution in [1.29, 1.82) is 0 Å². The largest absolute Gasteiger partial charge is 0.383 e. The average Bonchev–Trinajstić information content (AvgIpc) is 1.64. The van der Waals surface area contributed by atoms with Crippen molar-refractivity contribution >= 4 is 106 Å². The molecule has 6 amide bonds. The number of benzene rings is 3. The van der Waals surface area contributed by atoms with Crippen LogP contribution >= 0.6 is 0 Å². The number of alkyl halides is 1. The van der Waals surface area contributed by atoms with Crippen LogP contribution in [0.5, 0.6) is 0 Å². The van der Waals surface area contributed by atoms with Gasteiger partial charge in [-0.3, -0.25) is 44.7 Å². The van der Waals surface area contributed by atoms with E-state index in [1.165, 1.54) is 64.5 Å². The van der Waals surface area contributed by atoms with E-state index in [9.17, 15) is 46.3 Å². The molecule has 101 heavy (non-hydrogen) atoms. The molecule has 0 saturated carbocycles. The van der Waals surface area contributed by atoms with Crippen LogP contribution in [0.15, 0.2) is 108 Å². The average molecular weight is 1390 g/mol. The molecule has 8 N–H and O–H groups in total. The standard InChI is InChI=1S/C25H29FN8O2.C22H21F2N7O2.C21H22FN7O3/c26-20-6-3-5-17(13-20)7-9-28-25-32-24(27-8-4-12-33-10-1-2-11-33)31-22-19(16-29-34(22)25)14-18-15-21(35)30-23(18)36;23-16-3-1-2-13(8-16)4-6-25-21-29-22(30-7-5-17(24)12-30)28-19-15(11-26-31(19)21)9-14-10-18(32)27-20(14)33;1-32-8-7-23-20-27-18-15(10-14-11-17(30)26-19(14)31)12-25-29(18)21(28-20)24-6-5-13-3-2-4-16(22)9-13/h3,5-6,13-14,16H,1-2,4,7-12,15H2,(H,30,35,36)(H2,27,28,31,32);1-3,8-9,11,17H,4-7,10,12H2,(H,25,28,29)(H,27,32,33);2-4,9-10,12H,5-8,11H2,1H3,(H,26,30,31)(H2,23,24,27,28)/b18-14+;14-9+;14-10+. The Morgan fingerprint density at radius 3 is 1.32 bits per heavy atom. The molecule has 0 spiro atoms. The number of likely N-dealkylation sites (tertiary alicyclic amines) is 1. The number of anilines is 6. The highest BCUT2D eigenvalue weighted by Gasteiger charge is 2.29. The van der Waals surface area contributed by atoms with Crippen molar-refractivity contribution in [2.45, 2.75) is 70.4 Å². The SMILES string of the molecule is COCCNc1nc(NCCc2cccc(F)c2)n2ncc(/C=C3\CC(=O)NC3=O)c2n1.O=C1C/C(=C\c2cnn3c(NCCc4cccc(F)c4)nc(N4CCC(F)C4)nc23)C(=O)N1.O=C1C/C(=C\c2cnn3c(NCCc4cccc(F)c4)nc(NCCCN4CCCC4)nc23)C(=O)N1. The summed E-state index contributed by atoms with van der Waals surface area (Å²) in [5.41, 5.74) is 6.73. The molecule has 9 aromatic rings. The van der Waals surface area contributed by atoms with Gasteiger partial charge in [-0.05, 0) is 136 Å². The van der Waals surface area contributed by atoms with Gasteiger partial charge >= 0.3 is 0 Å². The van der Waals surface area contributed by atoms with Gasteiger partial charge in [0.2, 0.25) is 53.4 Å². The third-order valence-corrected chi connectivity index (χ3v) is 16.7. The molecular formula is C68H72F4N22O7. The number of hydrogen-bond acceptors (Lipinski definition) is 23. The molecule has 1 atom stereocenters. The van der Waals surface area contributed by atoms with Crippen LogP contribution in [-0.4, -0.2) is 184 Å². The molecule has 0 aliphatic carbocycles. The lowest BCUT2D eigenvalue weighted by molar-refractivity contribution is -0.125. The third-order valence-electron chi connectivity index (χ3n) is 16.7. The lowest BCUT2D eigenvalue weighted by Gasteiger charge is -2.17. The van der Waals surface area contributed by atoms with Crippen LogP contribution < -0.4 is 47.4 Å². The van der Waals surface area contributed by atoms with Crippen LogP contribution in [0.4, 0.5) is 53.3 Å². The lowest BCUT2D eigenvalue weighted by atomic mass is 10.1. The molecule has 5 aliphatic rings. The van der Waals surface area contributed by atoms with E-state index in [2.05, 4.69) is 92.6 Å². The number of carbonyl (C=O) groups is 6. The number of carbonyl (C=O) groups excluding carboxylic acids is 6. The van der Waals surface area contributed by atoms with E-state index in [0.717, 1.165) is 49.3 Å². The molecule has 29 nitrogen and oxygen atoms in total. The first-order chi connectivity index (χ1) is 49.0. The van der Waals surface area contributed by atoms with Gasteiger partial charge in [-0.15, -0.1) is 0 Å². The summed E-state index contributed by atoms with van der Waals surface area (Å²) in [6.07, 6.45) is 14.2. The summed E-state index contributed by atoms with van der Waals surface area (Å²) in [5, 5.41) is 36.0. The maximum absolute atomic E-state index is 13.8. The molecule has 0 radical (unpaired) electrons. The molecule has 524 valence electrons. The fourth-order valence-electron chi connectivity index (χ4n) is 11.8. The van der Waals surface area contributed by atoms with Crippen molar-refractivity contribution in [2.24, 2.45) is 0 Å². The normalized spacial score (nSPS) is 17.3. The second kappa shape index (κ2) is 32.4. The fraction of sp³-hybridized carbons (Fsp3) is 0.338. The van der Waals surface area contributed by atoms with Crippen LogP contribution in [-0.2, 0) is 52.8 Å². The van der Waals surface area contributed by atoms with Gasteiger partial charge in [-0.25, -0.2) is 17.6 Å². The zero-order valence-corrected chi connectivity index (χ0v) is 54.9. The number of fused-ring (bicyclic) bond motifs is 3. The number of halogens is 4. The van der Waals surface area contributed by atoms with Crippen molar-refractivity contribution in [2.75, 3.05) is 111 Å². The summed E-state index contributed by atoms with van der Waals surface area (Å²) in [4.78, 5) is 102. The summed E-state index contributed by atoms with van der Waals surface area (Å²) in [7, 11) is 1.60. The highest BCUT2D eigenvalue weighted by molar-refractivity contribution is 6.17. The van der Waals surface area contributed by atoms with Crippen molar-refractivity contribution in [3.63, 3.8) is 0 Å². The predicted octanol–water partition coefficient (Wildman–Crippen LogP) is 5.55. The van der Waals surface area contributed by atoms with Crippen LogP contribution in [0.3, 0.4) is 0 Å². The van der Waals surface area contributed by atoms with Gasteiger partial charge in [0.1, 0.15) is 23.6 Å². The Morgan fingerprint density at radius 1 is 0.515 bits per heavy atom. The number of aromatic nitrogens is 12. The maximum Gasteiger partial charge on any atom is 0.254 e. The minimum absolute atomic E-state index is 0.0114. The third kappa shape index (κ3) is 18.0. The van der Waals surface area contributed by atoms with Gasteiger partial charge in [0.05, 0.1) is 51.0 Å². The van der Waals surface area contributed by atoms with Crippen LogP contribution in [0.2, 0.25) is 0 Å². The van der Waals surface area contributed by atoms with Gasteiger partial charge in [0, 0.05) is 79.8 Å². The summed E-state index contributed by atoms with van der Waals surface area (Å²) in [6.45, 7) is 7.16. The smallest absolute Gasteiger partial charge is 0.254 e. The van der Waals surface area contributed by atoms with Gasteiger partial charge in [-0.2, -0.15) is 58.7 Å². The first-order valence-electron chi connectivity index (χ1n) is 33.0. The zero-order valence-electron chi connectivity index (χ0n) is 54.9. The lowest BCUT2D eigenvalue weighted by Crippen LogP contribution is -2.24. The summed E-state index contributed by atoms with van der Waals surface area (Å²) < 4.78 is 63.9. The van der Waals surface area contributed by atoms with Gasteiger partial charge in [0.15, 0.2) is 16.9 Å². The minimum atomic E-state index is -0.950. The Morgan fingerprint density at radius 2 is 0.931 bits per heavy atom. The molecule has 5 saturated heterocycles. The van der Waals surface area contributed by atoms with Crippen LogP contribution in [0.25, 0.3) is 35.2 Å². The molecule has 14 rings (SSSR count). The molecule has 3 aromatic carbocycles. The molecular weight excluding hydrogens is 1310 g/mol. The van der Waals surface area contributed by atoms with E-state index < -0.39 is 23.9 Å². The molecule has 6 aromatic heterocycles. The van der Waals surface area contributed by atoms with Crippen LogP contribution in [0, 0.1) is 17.5 Å². The van der Waals surface area contributed by atoms with Crippen molar-refractivity contribution in [3.8, 4) is 0 Å². The molecule has 5 aliphatic heterocycles. The second-order valence-corrected chi connectivity index (χ2v) is 24.3. The highest BCUT2D eigenvalue weighted by atomic mass is 19.1. The number of ether oxygens (including phenoxy) is 1. The quantitative estimate of drug-likeness (QED) is 0.0150. The van der Waals surface area contributed by atoms with Crippen molar-refractivity contribution < 1.29 is 51.1 Å². The molecule has 33 heteroatoms. The van der Waals surface area contributed by atoms with Crippen LogP contribution in [0.1, 0.15) is 78.3 Å². The Balaban J connectivity index is 0.000000144. The van der Waals surface area contributed by atoms with E-state index >= 15 is 0 Å². The Kier molecular flexibility index (Phi) is 22.2. The number of rotatable bonds is 25. The molecule has 5 fully saturated rings. The number of nitrogens with one attached hydrogen (secondary N) is 8. The van der Waals surface area contributed by atoms with E-state index in [-0.39, 0.29) is 61.0 Å². The predicted molar refractivity (Wildman–Crippen MR) is 366 cm³/mol. The topological polar surface area (TPSA) is 344 Å². The zero-order chi connectivity index (χ0) is 70.4. The van der Waals surface area contributed by atoms with Crippen molar-refractivity contribution in [1.82, 2.24) is 79.6 Å². The second-order valence-electron chi connectivity index (χ2n) is 24.3. The van der Waals surface area contributed by atoms with Gasteiger partial charge < -0.3 is 41.1 Å². The summed E-state index contributed by atoms with van der Waals surface area (Å²) in [5.74, 6) is -0.666. The number of hydrogen-bond donors (Lipinski definition) is 8. The monoisotopic (exact) mass is 1380 g/mol. The summed E-state index contributed by atoms with van der Waals surface area (Å²) in [6, 6.07) is 19.3. The number of nitrogens with zero attached hydrogens (tertiary/aromatic N) is 14. The van der Waals surface area contributed by atoms with Gasteiger partial charge in [0.25, 0.3) is 17.7 Å². The maximum atomic E-state index is 13.8. The van der Waals surface area contributed by atoms with E-state index in [0.29, 0.717) is 151 Å². The minimum Gasteiger partial charge on any atom is -0.383 e. The highest BCUT2D eigenvalue weighted by Crippen LogP contribution is 2.27. The van der Waals surface area contributed by atoms with E-state index in [1.807, 2.05) is 18.2 Å². The Bertz CT molecular complexity index is 4680. The van der Waals surface area contributed by atoms with E-state index in [1.54, 1.807) is 65.3 Å².